The second-order valence-electron chi connectivity index (χ2n) is 6.41. The van der Waals surface area contributed by atoms with Crippen molar-refractivity contribution in [2.45, 2.75) is 33.4 Å². The fraction of sp³-hybridized carbons (Fsp3) is 0.300. The molecule has 0 aliphatic rings. The lowest BCUT2D eigenvalue weighted by molar-refractivity contribution is -0.149. The highest BCUT2D eigenvalue weighted by atomic mass is 35.5. The summed E-state index contributed by atoms with van der Waals surface area (Å²) in [4.78, 5) is 35.3. The van der Waals surface area contributed by atoms with Crippen molar-refractivity contribution in [2.24, 2.45) is 0 Å². The third kappa shape index (κ3) is 6.72. The summed E-state index contributed by atoms with van der Waals surface area (Å²) in [6.45, 7) is 5.38. The van der Waals surface area contributed by atoms with Crippen molar-refractivity contribution in [1.82, 2.24) is 20.4 Å². The molecular formula is C20H21Cl3N4O4. The molecular weight excluding hydrogens is 467 g/mol. The average Bonchev–Trinajstić information content (AvgIpc) is 2.96. The Morgan fingerprint density at radius 1 is 1.23 bits per heavy atom. The number of rotatable bonds is 7. The molecule has 0 spiro atoms. The zero-order chi connectivity index (χ0) is 23.1. The standard InChI is InChI=1S/C20H21Cl3N4O4/c1-4-24-20(30)25-19(29)12(3)31-17(28)9-8-13-11(2)26-27(18(13)23)10-14-15(21)6-5-7-16(14)22/h5-9,12H,4,10H2,1-3H3,(H2,24,25,29,30)/b9-8+. The molecule has 0 aliphatic carbocycles. The number of nitrogens with one attached hydrogen (secondary N) is 2. The summed E-state index contributed by atoms with van der Waals surface area (Å²) in [5.74, 6) is -1.53. The molecule has 0 bridgehead atoms. The minimum absolute atomic E-state index is 0.244. The molecule has 1 unspecified atom stereocenters. The highest BCUT2D eigenvalue weighted by Crippen LogP contribution is 2.28. The number of benzene rings is 1. The number of imide groups is 1. The summed E-state index contributed by atoms with van der Waals surface area (Å²) in [7, 11) is 0. The normalized spacial score (nSPS) is 11.9. The number of aryl methyl sites for hydroxylation is 1. The van der Waals surface area contributed by atoms with E-state index in [9.17, 15) is 14.4 Å². The maximum atomic E-state index is 12.1. The molecule has 2 aromatic rings. The Bertz CT molecular complexity index is 1000. The lowest BCUT2D eigenvalue weighted by Crippen LogP contribution is -2.44. The van der Waals surface area contributed by atoms with Gasteiger partial charge in [0.15, 0.2) is 6.10 Å². The fourth-order valence-corrected chi connectivity index (χ4v) is 3.35. The number of urea groups is 1. The van der Waals surface area contributed by atoms with Gasteiger partial charge in [0.25, 0.3) is 5.91 Å². The van der Waals surface area contributed by atoms with Gasteiger partial charge in [-0.15, -0.1) is 0 Å². The monoisotopic (exact) mass is 486 g/mol. The van der Waals surface area contributed by atoms with Gasteiger partial charge in [0, 0.05) is 33.8 Å². The molecule has 1 aromatic heterocycles. The third-order valence-electron chi connectivity index (χ3n) is 4.10. The second kappa shape index (κ2) is 11.2. The highest BCUT2D eigenvalue weighted by Gasteiger charge is 2.19. The van der Waals surface area contributed by atoms with Crippen molar-refractivity contribution in [3.05, 3.63) is 56.3 Å². The van der Waals surface area contributed by atoms with Crippen molar-refractivity contribution >= 4 is 58.8 Å². The Kier molecular flexibility index (Phi) is 8.91. The van der Waals surface area contributed by atoms with Crippen molar-refractivity contribution in [2.75, 3.05) is 6.54 Å². The molecule has 2 N–H and O–H groups in total. The van der Waals surface area contributed by atoms with E-state index < -0.39 is 24.0 Å². The van der Waals surface area contributed by atoms with Crippen molar-refractivity contribution in [1.29, 1.82) is 0 Å². The molecule has 166 valence electrons. The molecule has 2 rings (SSSR count). The van der Waals surface area contributed by atoms with E-state index in [1.807, 2.05) is 0 Å². The molecule has 31 heavy (non-hydrogen) atoms. The lowest BCUT2D eigenvalue weighted by Gasteiger charge is -2.11. The Hall–Kier alpha value is -2.55. The minimum atomic E-state index is -1.17. The lowest BCUT2D eigenvalue weighted by atomic mass is 10.2. The Morgan fingerprint density at radius 3 is 2.48 bits per heavy atom. The van der Waals surface area contributed by atoms with E-state index in [-0.39, 0.29) is 11.7 Å². The molecule has 1 heterocycles. The minimum Gasteiger partial charge on any atom is -0.449 e. The predicted molar refractivity (Wildman–Crippen MR) is 119 cm³/mol. The molecule has 11 heteroatoms. The van der Waals surface area contributed by atoms with Crippen LogP contribution >= 0.6 is 34.8 Å². The molecule has 0 radical (unpaired) electrons. The van der Waals surface area contributed by atoms with E-state index in [0.29, 0.717) is 33.4 Å². The van der Waals surface area contributed by atoms with Crippen LogP contribution in [-0.2, 0) is 20.9 Å². The molecule has 1 atom stereocenters. The maximum absolute atomic E-state index is 12.1. The van der Waals surface area contributed by atoms with Gasteiger partial charge in [-0.05, 0) is 39.0 Å². The molecule has 0 saturated heterocycles. The van der Waals surface area contributed by atoms with E-state index >= 15 is 0 Å². The quantitative estimate of drug-likeness (QED) is 0.454. The predicted octanol–water partition coefficient (Wildman–Crippen LogP) is 3.99. The van der Waals surface area contributed by atoms with Crippen LogP contribution in [0, 0.1) is 6.92 Å². The van der Waals surface area contributed by atoms with Gasteiger partial charge in [0.05, 0.1) is 12.2 Å². The number of nitrogens with zero attached hydrogens (tertiary/aromatic N) is 2. The van der Waals surface area contributed by atoms with Gasteiger partial charge in [-0.25, -0.2) is 14.3 Å². The van der Waals surface area contributed by atoms with Gasteiger partial charge in [-0.2, -0.15) is 5.10 Å². The topological polar surface area (TPSA) is 102 Å². The van der Waals surface area contributed by atoms with Crippen LogP contribution in [0.1, 0.15) is 30.7 Å². The summed E-state index contributed by atoms with van der Waals surface area (Å²) in [6, 6.07) is 4.50. The maximum Gasteiger partial charge on any atom is 0.331 e. The first-order valence-electron chi connectivity index (χ1n) is 9.27. The average molecular weight is 488 g/mol. The first-order chi connectivity index (χ1) is 14.6. The van der Waals surface area contributed by atoms with Gasteiger partial charge in [-0.3, -0.25) is 10.1 Å². The SMILES string of the molecule is CCNC(=O)NC(=O)C(C)OC(=O)/C=C/c1c(C)nn(Cc2c(Cl)cccc2Cl)c1Cl. The third-order valence-corrected chi connectivity index (χ3v) is 5.21. The number of esters is 1. The summed E-state index contributed by atoms with van der Waals surface area (Å²) in [5.41, 5.74) is 1.73. The van der Waals surface area contributed by atoms with E-state index in [2.05, 4.69) is 15.7 Å². The number of ether oxygens (including phenoxy) is 1. The molecule has 8 nitrogen and oxygen atoms in total. The second-order valence-corrected chi connectivity index (χ2v) is 7.58. The van der Waals surface area contributed by atoms with Crippen LogP contribution in [0.4, 0.5) is 4.79 Å². The Morgan fingerprint density at radius 2 is 1.87 bits per heavy atom. The van der Waals surface area contributed by atoms with Crippen molar-refractivity contribution < 1.29 is 19.1 Å². The van der Waals surface area contributed by atoms with Crippen LogP contribution in [-0.4, -0.2) is 40.3 Å². The van der Waals surface area contributed by atoms with Crippen LogP contribution in [0.3, 0.4) is 0 Å². The van der Waals surface area contributed by atoms with E-state index in [4.69, 9.17) is 39.5 Å². The van der Waals surface area contributed by atoms with Crippen molar-refractivity contribution in [3.8, 4) is 0 Å². The molecule has 0 fully saturated rings. The molecule has 0 saturated carbocycles. The van der Waals surface area contributed by atoms with E-state index in [1.54, 1.807) is 32.0 Å². The van der Waals surface area contributed by atoms with Crippen LogP contribution < -0.4 is 10.6 Å². The van der Waals surface area contributed by atoms with Crippen molar-refractivity contribution in [3.63, 3.8) is 0 Å². The van der Waals surface area contributed by atoms with Gasteiger partial charge in [-0.1, -0.05) is 40.9 Å². The number of carbonyl (C=O) groups is 3. The zero-order valence-electron chi connectivity index (χ0n) is 17.0. The van der Waals surface area contributed by atoms with Gasteiger partial charge in [0.2, 0.25) is 0 Å². The number of amides is 3. The Labute approximate surface area is 194 Å². The molecule has 3 amide bonds. The summed E-state index contributed by atoms with van der Waals surface area (Å²) in [5, 5.41) is 10.1. The molecule has 0 aliphatic heterocycles. The first kappa shape index (κ1) is 24.7. The number of carbonyl (C=O) groups excluding carboxylic acids is 3. The van der Waals surface area contributed by atoms with Crippen LogP contribution in [0.25, 0.3) is 6.08 Å². The van der Waals surface area contributed by atoms with Crippen LogP contribution in [0.2, 0.25) is 15.2 Å². The van der Waals surface area contributed by atoms with Gasteiger partial charge >= 0.3 is 12.0 Å². The van der Waals surface area contributed by atoms with E-state index in [0.717, 1.165) is 6.08 Å². The Balaban J connectivity index is 2.06. The number of aromatic nitrogens is 2. The highest BCUT2D eigenvalue weighted by molar-refractivity contribution is 6.36. The largest absolute Gasteiger partial charge is 0.449 e. The van der Waals surface area contributed by atoms with Gasteiger partial charge in [0.1, 0.15) is 5.15 Å². The summed E-state index contributed by atoms with van der Waals surface area (Å²) in [6.07, 6.45) is 1.39. The first-order valence-corrected chi connectivity index (χ1v) is 10.4. The number of hydrogen-bond donors (Lipinski definition) is 2. The number of hydrogen-bond acceptors (Lipinski definition) is 5. The smallest absolute Gasteiger partial charge is 0.331 e. The summed E-state index contributed by atoms with van der Waals surface area (Å²) < 4.78 is 6.51. The fourth-order valence-electron chi connectivity index (χ4n) is 2.53. The number of halogens is 3. The van der Waals surface area contributed by atoms with Gasteiger partial charge < -0.3 is 10.1 Å². The van der Waals surface area contributed by atoms with Crippen LogP contribution in [0.15, 0.2) is 24.3 Å². The summed E-state index contributed by atoms with van der Waals surface area (Å²) >= 11 is 18.8. The van der Waals surface area contributed by atoms with E-state index in [1.165, 1.54) is 17.7 Å². The van der Waals surface area contributed by atoms with Crippen LogP contribution in [0.5, 0.6) is 0 Å². The zero-order valence-corrected chi connectivity index (χ0v) is 19.3. The molecule has 1 aromatic carbocycles.